The molecule has 8 heteroatoms. The van der Waals surface area contributed by atoms with Gasteiger partial charge in [-0.2, -0.15) is 0 Å². The highest BCUT2D eigenvalue weighted by Crippen LogP contribution is 2.19. The Morgan fingerprint density at radius 2 is 1.40 bits per heavy atom. The number of rotatable bonds is 7. The molecule has 0 aliphatic carbocycles. The second-order valence-electron chi connectivity index (χ2n) is 6.54. The molecule has 2 rings (SSSR count). The maximum atomic E-state index is 13.7. The first-order chi connectivity index (χ1) is 14.0. The molecule has 0 radical (unpaired) electrons. The van der Waals surface area contributed by atoms with Crippen LogP contribution in [0.3, 0.4) is 0 Å². The van der Waals surface area contributed by atoms with Crippen molar-refractivity contribution in [3.8, 4) is 0 Å². The summed E-state index contributed by atoms with van der Waals surface area (Å²) >= 11 is 2.90. The zero-order valence-corrected chi connectivity index (χ0v) is 18.2. The van der Waals surface area contributed by atoms with Crippen LogP contribution in [0.1, 0.15) is 52.6 Å². The van der Waals surface area contributed by atoms with Crippen LogP contribution in [0.15, 0.2) is 30.3 Å². The monoisotopic (exact) mass is 484 g/mol. The maximum absolute atomic E-state index is 13.7. The van der Waals surface area contributed by atoms with Crippen LogP contribution in [-0.2, 0) is 22.4 Å². The summed E-state index contributed by atoms with van der Waals surface area (Å²) < 4.78 is 40.5. The van der Waals surface area contributed by atoms with Crippen molar-refractivity contribution in [3.05, 3.63) is 70.0 Å². The van der Waals surface area contributed by atoms with Gasteiger partial charge in [-0.15, -0.1) is 0 Å². The average molecular weight is 485 g/mol. The van der Waals surface area contributed by atoms with Crippen molar-refractivity contribution in [2.75, 3.05) is 5.33 Å². The summed E-state index contributed by atoms with van der Waals surface area (Å²) in [5.74, 6) is -3.62. The first-order valence-corrected chi connectivity index (χ1v) is 9.94. The second-order valence-corrected chi connectivity index (χ2v) is 7.10. The molecular formula is C22H20BrF3O4. The number of alkyl halides is 1. The summed E-state index contributed by atoms with van der Waals surface area (Å²) in [4.78, 5) is 43.9. The van der Waals surface area contributed by atoms with Gasteiger partial charge in [0.05, 0.1) is 16.5 Å². The van der Waals surface area contributed by atoms with Gasteiger partial charge in [-0.1, -0.05) is 28.1 Å². The van der Waals surface area contributed by atoms with Gasteiger partial charge in [0.15, 0.2) is 11.6 Å². The molecular weight excluding hydrogens is 465 g/mol. The fourth-order valence-electron chi connectivity index (χ4n) is 2.55. The first-order valence-electron chi connectivity index (χ1n) is 8.82. The van der Waals surface area contributed by atoms with E-state index in [2.05, 4.69) is 15.9 Å². The van der Waals surface area contributed by atoms with Crippen molar-refractivity contribution in [1.82, 2.24) is 0 Å². The molecule has 0 spiro atoms. The highest BCUT2D eigenvalue weighted by atomic mass is 79.9. The van der Waals surface area contributed by atoms with Crippen LogP contribution in [-0.4, -0.2) is 28.5 Å². The number of hydrogen-bond donors (Lipinski definition) is 0. The molecule has 0 amide bonds. The molecule has 0 unspecified atom stereocenters. The van der Waals surface area contributed by atoms with Crippen LogP contribution in [0.5, 0.6) is 0 Å². The van der Waals surface area contributed by atoms with E-state index >= 15 is 0 Å². The molecule has 0 aromatic heterocycles. The van der Waals surface area contributed by atoms with Gasteiger partial charge >= 0.3 is 0 Å². The van der Waals surface area contributed by atoms with Gasteiger partial charge in [-0.05, 0) is 44.5 Å². The topological polar surface area (TPSA) is 68.3 Å². The molecule has 0 fully saturated rings. The van der Waals surface area contributed by atoms with E-state index in [1.165, 1.54) is 32.9 Å². The second kappa shape index (κ2) is 11.5. The smallest absolute Gasteiger partial charge is 0.176 e. The molecule has 0 N–H and O–H groups in total. The molecule has 2 aromatic carbocycles. The Morgan fingerprint density at radius 1 is 0.800 bits per heavy atom. The van der Waals surface area contributed by atoms with Gasteiger partial charge in [-0.25, -0.2) is 13.2 Å². The average Bonchev–Trinajstić information content (AvgIpc) is 2.66. The van der Waals surface area contributed by atoms with Crippen LogP contribution >= 0.6 is 15.9 Å². The quantitative estimate of drug-likeness (QED) is 0.416. The molecule has 30 heavy (non-hydrogen) atoms. The van der Waals surface area contributed by atoms with Gasteiger partial charge in [0.1, 0.15) is 29.0 Å². The van der Waals surface area contributed by atoms with Crippen molar-refractivity contribution < 1.29 is 32.3 Å². The highest BCUT2D eigenvalue weighted by molar-refractivity contribution is 9.09. The summed E-state index contributed by atoms with van der Waals surface area (Å²) in [5.41, 5.74) is -0.220. The first kappa shape index (κ1) is 25.4. The van der Waals surface area contributed by atoms with E-state index in [-0.39, 0.29) is 57.8 Å². The van der Waals surface area contributed by atoms with Crippen molar-refractivity contribution in [1.29, 1.82) is 0 Å². The zero-order chi connectivity index (χ0) is 23.0. The summed E-state index contributed by atoms with van der Waals surface area (Å²) in [6.07, 6.45) is -0.311. The minimum atomic E-state index is -0.945. The van der Waals surface area contributed by atoms with Gasteiger partial charge in [-0.3, -0.25) is 19.2 Å². The van der Waals surface area contributed by atoms with Crippen molar-refractivity contribution in [2.45, 2.75) is 33.6 Å². The Balaban J connectivity index is 0.000000303. The van der Waals surface area contributed by atoms with Crippen LogP contribution < -0.4 is 0 Å². The van der Waals surface area contributed by atoms with E-state index in [0.717, 1.165) is 12.1 Å². The molecule has 2 aromatic rings. The zero-order valence-electron chi connectivity index (χ0n) is 16.7. The lowest BCUT2D eigenvalue weighted by Gasteiger charge is -2.06. The Kier molecular flexibility index (Phi) is 9.78. The summed E-state index contributed by atoms with van der Waals surface area (Å²) in [5, 5.41) is -0.0466. The standard InChI is InChI=1S/C11H9BrF2O2.C11H11FO2/c1-6(15)4-8-9(13)3-2-7(11(8)14)10(16)5-12;1-7(13)6-9-4-3-5-10(8(2)14)11(9)12/h2-3H,4-5H2,1H3;3-5H,6H2,1-2H3. The number of ketones is 4. The van der Waals surface area contributed by atoms with E-state index < -0.39 is 23.2 Å². The van der Waals surface area contributed by atoms with Gasteiger partial charge in [0, 0.05) is 18.4 Å². The van der Waals surface area contributed by atoms with E-state index in [1.807, 2.05) is 0 Å². The van der Waals surface area contributed by atoms with E-state index in [9.17, 15) is 32.3 Å². The third kappa shape index (κ3) is 7.02. The fraction of sp³-hybridized carbons (Fsp3) is 0.273. The third-order valence-electron chi connectivity index (χ3n) is 3.93. The largest absolute Gasteiger partial charge is 0.300 e. The summed E-state index contributed by atoms with van der Waals surface area (Å²) in [6.45, 7) is 3.92. The van der Waals surface area contributed by atoms with Crippen molar-refractivity contribution in [2.24, 2.45) is 0 Å². The minimum Gasteiger partial charge on any atom is -0.300 e. The molecule has 0 saturated carbocycles. The Morgan fingerprint density at radius 3 is 1.90 bits per heavy atom. The van der Waals surface area contributed by atoms with Crippen LogP contribution in [0.4, 0.5) is 13.2 Å². The number of Topliss-reactive ketones (excluding diaryl/α,β-unsaturated/α-hetero) is 4. The highest BCUT2D eigenvalue weighted by Gasteiger charge is 2.18. The molecule has 0 atom stereocenters. The maximum Gasteiger partial charge on any atom is 0.176 e. The Bertz CT molecular complexity index is 987. The van der Waals surface area contributed by atoms with Crippen LogP contribution in [0.25, 0.3) is 0 Å². The van der Waals surface area contributed by atoms with Gasteiger partial charge < -0.3 is 0 Å². The van der Waals surface area contributed by atoms with E-state index in [0.29, 0.717) is 0 Å². The Labute approximate surface area is 180 Å². The molecule has 0 heterocycles. The molecule has 0 aliphatic rings. The van der Waals surface area contributed by atoms with E-state index in [4.69, 9.17) is 0 Å². The fourth-order valence-corrected chi connectivity index (χ4v) is 2.85. The summed E-state index contributed by atoms with van der Waals surface area (Å²) in [6, 6.07) is 6.59. The molecule has 0 aliphatic heterocycles. The lowest BCUT2D eigenvalue weighted by molar-refractivity contribution is -0.117. The van der Waals surface area contributed by atoms with Crippen LogP contribution in [0.2, 0.25) is 0 Å². The number of carbonyl (C=O) groups excluding carboxylic acids is 4. The number of hydrogen-bond acceptors (Lipinski definition) is 4. The third-order valence-corrected chi connectivity index (χ3v) is 4.44. The minimum absolute atomic E-state index is 0.0347. The number of benzene rings is 2. The summed E-state index contributed by atoms with van der Waals surface area (Å²) in [7, 11) is 0. The molecule has 0 bridgehead atoms. The molecule has 0 saturated heterocycles. The van der Waals surface area contributed by atoms with Gasteiger partial charge in [0.25, 0.3) is 0 Å². The SMILES string of the molecule is CC(=O)Cc1c(F)ccc(C(=O)CBr)c1F.CC(=O)Cc1cccc(C(C)=O)c1F. The normalized spacial score (nSPS) is 10.1. The Hall–Kier alpha value is -2.61. The number of halogens is 4. The molecule has 4 nitrogen and oxygen atoms in total. The lowest BCUT2D eigenvalue weighted by Crippen LogP contribution is -2.10. The van der Waals surface area contributed by atoms with Crippen LogP contribution in [0, 0.1) is 17.5 Å². The predicted molar refractivity (Wildman–Crippen MR) is 110 cm³/mol. The predicted octanol–water partition coefficient (Wildman–Crippen LogP) is 4.83. The van der Waals surface area contributed by atoms with E-state index in [1.54, 1.807) is 6.07 Å². The molecule has 160 valence electrons. The lowest BCUT2D eigenvalue weighted by atomic mass is 10.0. The number of carbonyl (C=O) groups is 4. The van der Waals surface area contributed by atoms with Gasteiger partial charge in [0.2, 0.25) is 0 Å². The van der Waals surface area contributed by atoms with Crippen molar-refractivity contribution in [3.63, 3.8) is 0 Å². The van der Waals surface area contributed by atoms with Crippen molar-refractivity contribution >= 4 is 39.1 Å².